The molecule has 2 nitrogen and oxygen atoms in total. The van der Waals surface area contributed by atoms with E-state index in [0.717, 1.165) is 17.8 Å². The Kier molecular flexibility index (Phi) is 5.08. The zero-order valence-corrected chi connectivity index (χ0v) is 18.4. The van der Waals surface area contributed by atoms with Gasteiger partial charge in [-0.05, 0) is 107 Å². The minimum atomic E-state index is -1.02. The Morgan fingerprint density at radius 1 is 1.04 bits per heavy atom. The van der Waals surface area contributed by atoms with E-state index in [-0.39, 0.29) is 6.10 Å². The monoisotopic (exact) mass is 374 g/mol. The predicted molar refractivity (Wildman–Crippen MR) is 111 cm³/mol. The zero-order chi connectivity index (χ0) is 19.4. The van der Waals surface area contributed by atoms with Gasteiger partial charge in [-0.15, -0.1) is 0 Å². The molecule has 0 saturated heterocycles. The molecule has 4 aliphatic rings. The first-order chi connectivity index (χ1) is 12.7. The van der Waals surface area contributed by atoms with Gasteiger partial charge in [0, 0.05) is 0 Å². The molecule has 154 valence electrons. The SMILES string of the molecule is C/C=C1\CCCC2C3C(OC(C)(C)O)CC4CCCCC4(C)C3CCC12C. The number of aliphatic hydroxyl groups is 1. The van der Waals surface area contributed by atoms with Crippen molar-refractivity contribution < 1.29 is 9.84 Å². The third kappa shape index (κ3) is 3.23. The van der Waals surface area contributed by atoms with Gasteiger partial charge >= 0.3 is 0 Å². The molecule has 27 heavy (non-hydrogen) atoms. The van der Waals surface area contributed by atoms with Crippen molar-refractivity contribution in [2.45, 2.75) is 111 Å². The molecule has 4 fully saturated rings. The van der Waals surface area contributed by atoms with Gasteiger partial charge in [0.2, 0.25) is 0 Å². The van der Waals surface area contributed by atoms with Crippen LogP contribution in [0.5, 0.6) is 0 Å². The Balaban J connectivity index is 1.73. The molecule has 4 saturated carbocycles. The summed E-state index contributed by atoms with van der Waals surface area (Å²) in [6.45, 7) is 11.1. The van der Waals surface area contributed by atoms with Gasteiger partial charge < -0.3 is 9.84 Å². The Labute approximate surface area is 167 Å². The molecule has 1 N–H and O–H groups in total. The van der Waals surface area contributed by atoms with Gasteiger partial charge in [0.15, 0.2) is 5.79 Å². The molecule has 0 amide bonds. The van der Waals surface area contributed by atoms with E-state index in [1.807, 2.05) is 13.8 Å². The first-order valence-corrected chi connectivity index (χ1v) is 11.7. The molecule has 4 rings (SSSR count). The minimum Gasteiger partial charge on any atom is -0.366 e. The molecule has 0 aromatic carbocycles. The summed E-state index contributed by atoms with van der Waals surface area (Å²) in [7, 11) is 0. The number of ether oxygens (including phenoxy) is 1. The van der Waals surface area contributed by atoms with Crippen molar-refractivity contribution in [2.75, 3.05) is 0 Å². The molecule has 4 aliphatic carbocycles. The second kappa shape index (κ2) is 6.87. The van der Waals surface area contributed by atoms with Crippen molar-refractivity contribution in [1.29, 1.82) is 0 Å². The fourth-order valence-electron chi connectivity index (χ4n) is 8.25. The number of rotatable bonds is 2. The first-order valence-electron chi connectivity index (χ1n) is 11.7. The van der Waals surface area contributed by atoms with Gasteiger partial charge in [0.05, 0.1) is 6.10 Å². The summed E-state index contributed by atoms with van der Waals surface area (Å²) in [6, 6.07) is 0. The lowest BCUT2D eigenvalue weighted by atomic mass is 9.42. The fourth-order valence-corrected chi connectivity index (χ4v) is 8.25. The second-order valence-corrected chi connectivity index (χ2v) is 11.2. The molecular weight excluding hydrogens is 332 g/mol. The van der Waals surface area contributed by atoms with Crippen LogP contribution in [0.15, 0.2) is 11.6 Å². The van der Waals surface area contributed by atoms with Gasteiger partial charge in [-0.25, -0.2) is 0 Å². The number of hydrogen-bond acceptors (Lipinski definition) is 2. The Morgan fingerprint density at radius 2 is 1.81 bits per heavy atom. The lowest BCUT2D eigenvalue weighted by Crippen LogP contribution is -2.60. The lowest BCUT2D eigenvalue weighted by Gasteiger charge is -2.64. The molecule has 0 aromatic heterocycles. The van der Waals surface area contributed by atoms with Crippen LogP contribution in [0.4, 0.5) is 0 Å². The maximum absolute atomic E-state index is 10.5. The van der Waals surface area contributed by atoms with Crippen LogP contribution in [0.25, 0.3) is 0 Å². The maximum Gasteiger partial charge on any atom is 0.160 e. The number of hydrogen-bond donors (Lipinski definition) is 1. The van der Waals surface area contributed by atoms with E-state index in [1.54, 1.807) is 5.57 Å². The third-order valence-electron chi connectivity index (χ3n) is 9.45. The van der Waals surface area contributed by atoms with Crippen molar-refractivity contribution in [3.8, 4) is 0 Å². The van der Waals surface area contributed by atoms with Crippen molar-refractivity contribution in [3.05, 3.63) is 11.6 Å². The average Bonchev–Trinajstić information content (AvgIpc) is 2.59. The molecule has 0 aromatic rings. The van der Waals surface area contributed by atoms with Crippen LogP contribution in [-0.4, -0.2) is 17.0 Å². The molecule has 0 radical (unpaired) electrons. The normalized spacial score (nSPS) is 49.3. The van der Waals surface area contributed by atoms with Gasteiger partial charge in [-0.2, -0.15) is 0 Å². The van der Waals surface area contributed by atoms with Crippen molar-refractivity contribution in [1.82, 2.24) is 0 Å². The van der Waals surface area contributed by atoms with Crippen LogP contribution < -0.4 is 0 Å². The predicted octanol–water partition coefficient (Wildman–Crippen LogP) is 6.48. The molecule has 7 unspecified atom stereocenters. The highest BCUT2D eigenvalue weighted by atomic mass is 16.6. The quantitative estimate of drug-likeness (QED) is 0.443. The van der Waals surface area contributed by atoms with Gasteiger partial charge in [0.25, 0.3) is 0 Å². The number of fused-ring (bicyclic) bond motifs is 5. The smallest absolute Gasteiger partial charge is 0.160 e. The van der Waals surface area contributed by atoms with E-state index in [2.05, 4.69) is 26.8 Å². The van der Waals surface area contributed by atoms with E-state index < -0.39 is 5.79 Å². The highest BCUT2D eigenvalue weighted by Crippen LogP contribution is 2.66. The summed E-state index contributed by atoms with van der Waals surface area (Å²) < 4.78 is 6.44. The van der Waals surface area contributed by atoms with Crippen molar-refractivity contribution in [2.24, 2.45) is 34.5 Å². The second-order valence-electron chi connectivity index (χ2n) is 11.2. The topological polar surface area (TPSA) is 29.5 Å². The molecule has 0 heterocycles. The van der Waals surface area contributed by atoms with Crippen molar-refractivity contribution >= 4 is 0 Å². The van der Waals surface area contributed by atoms with Crippen LogP contribution in [0.2, 0.25) is 0 Å². The van der Waals surface area contributed by atoms with E-state index in [0.29, 0.717) is 16.7 Å². The van der Waals surface area contributed by atoms with Gasteiger partial charge in [-0.3, -0.25) is 0 Å². The summed E-state index contributed by atoms with van der Waals surface area (Å²) in [4.78, 5) is 0. The first kappa shape index (κ1) is 20.0. The Hall–Kier alpha value is -0.340. The zero-order valence-electron chi connectivity index (χ0n) is 18.4. The van der Waals surface area contributed by atoms with E-state index >= 15 is 0 Å². The maximum atomic E-state index is 10.5. The average molecular weight is 375 g/mol. The van der Waals surface area contributed by atoms with Crippen LogP contribution in [0, 0.1) is 34.5 Å². The molecule has 0 aliphatic heterocycles. The molecule has 0 spiro atoms. The molecule has 7 atom stereocenters. The lowest BCUT2D eigenvalue weighted by molar-refractivity contribution is -0.264. The van der Waals surface area contributed by atoms with Crippen LogP contribution in [-0.2, 0) is 4.74 Å². The van der Waals surface area contributed by atoms with E-state index in [9.17, 15) is 5.11 Å². The van der Waals surface area contributed by atoms with Crippen molar-refractivity contribution in [3.63, 3.8) is 0 Å². The van der Waals surface area contributed by atoms with Gasteiger partial charge in [0.1, 0.15) is 0 Å². The van der Waals surface area contributed by atoms with Gasteiger partial charge in [-0.1, -0.05) is 38.3 Å². The minimum absolute atomic E-state index is 0.229. The molecule has 2 heteroatoms. The van der Waals surface area contributed by atoms with E-state index in [1.165, 1.54) is 64.2 Å². The number of allylic oxidation sites excluding steroid dienone is 2. The van der Waals surface area contributed by atoms with Crippen LogP contribution in [0.1, 0.15) is 98.8 Å². The Bertz CT molecular complexity index is 588. The highest BCUT2D eigenvalue weighted by molar-refractivity contribution is 5.22. The summed E-state index contributed by atoms with van der Waals surface area (Å²) in [6.07, 6.45) is 16.1. The summed E-state index contributed by atoms with van der Waals surface area (Å²) >= 11 is 0. The highest BCUT2D eigenvalue weighted by Gasteiger charge is 2.60. The molecular formula is C25H42O2. The fraction of sp³-hybridized carbons (Fsp3) is 0.920. The van der Waals surface area contributed by atoms with Crippen LogP contribution in [0.3, 0.4) is 0 Å². The molecule has 0 bridgehead atoms. The summed E-state index contributed by atoms with van der Waals surface area (Å²) in [5.74, 6) is 1.88. The standard InChI is InChI=1S/C25H42O2/c1-6-17-11-9-12-19-22-20(13-15-25(17,19)5)24(4)14-8-7-10-18(24)16-21(22)27-23(2,3)26/h6,18-22,26H,7-16H2,1-5H3/b17-6+. The summed E-state index contributed by atoms with van der Waals surface area (Å²) in [5, 5.41) is 10.5. The summed E-state index contributed by atoms with van der Waals surface area (Å²) in [5.41, 5.74) is 2.56. The third-order valence-corrected chi connectivity index (χ3v) is 9.45. The van der Waals surface area contributed by atoms with Crippen LogP contribution >= 0.6 is 0 Å². The van der Waals surface area contributed by atoms with E-state index in [4.69, 9.17) is 4.74 Å². The largest absolute Gasteiger partial charge is 0.366 e. The Morgan fingerprint density at radius 3 is 2.52 bits per heavy atom.